The predicted octanol–water partition coefficient (Wildman–Crippen LogP) is 3.76. The number of thioether (sulfide) groups is 1. The lowest BCUT2D eigenvalue weighted by molar-refractivity contribution is -0.119. The van der Waals surface area contributed by atoms with Gasteiger partial charge in [-0.05, 0) is 57.1 Å². The largest absolute Gasteiger partial charge is 0.493 e. The average molecular weight is 401 g/mol. The van der Waals surface area contributed by atoms with Gasteiger partial charge in [-0.3, -0.25) is 4.79 Å². The first-order chi connectivity index (χ1) is 13.7. The van der Waals surface area contributed by atoms with Crippen LogP contribution in [0.2, 0.25) is 0 Å². The number of para-hydroxylation sites is 1. The summed E-state index contributed by atoms with van der Waals surface area (Å²) in [5.74, 6) is 3.59. The molecular formula is C21H28N4O2S. The van der Waals surface area contributed by atoms with Crippen LogP contribution in [0, 0.1) is 11.8 Å². The fourth-order valence-electron chi connectivity index (χ4n) is 4.61. The maximum atomic E-state index is 12.5. The van der Waals surface area contributed by atoms with E-state index in [9.17, 15) is 4.79 Å². The van der Waals surface area contributed by atoms with E-state index in [4.69, 9.17) is 4.74 Å². The minimum atomic E-state index is 0.101. The molecule has 1 heterocycles. The quantitative estimate of drug-likeness (QED) is 0.683. The molecule has 1 aromatic carbocycles. The Balaban J connectivity index is 1.42. The van der Waals surface area contributed by atoms with Crippen molar-refractivity contribution in [2.24, 2.45) is 11.8 Å². The molecule has 0 saturated heterocycles. The van der Waals surface area contributed by atoms with Crippen molar-refractivity contribution < 1.29 is 9.53 Å². The van der Waals surface area contributed by atoms with Crippen molar-refractivity contribution in [3.63, 3.8) is 0 Å². The third-order valence-corrected chi connectivity index (χ3v) is 6.84. The normalized spacial score (nSPS) is 23.1. The molecule has 2 aromatic rings. The number of nitrogens with one attached hydrogen (secondary N) is 1. The number of benzene rings is 1. The number of carbonyl (C=O) groups excluding carboxylic acids is 1. The molecule has 28 heavy (non-hydrogen) atoms. The van der Waals surface area contributed by atoms with Crippen LogP contribution in [0.3, 0.4) is 0 Å². The van der Waals surface area contributed by atoms with Crippen LogP contribution in [0.4, 0.5) is 0 Å². The number of hydrogen-bond acceptors (Lipinski definition) is 5. The van der Waals surface area contributed by atoms with Crippen LogP contribution in [-0.2, 0) is 11.3 Å². The number of hydrogen-bond donors (Lipinski definition) is 1. The predicted molar refractivity (Wildman–Crippen MR) is 110 cm³/mol. The molecule has 2 saturated carbocycles. The lowest BCUT2D eigenvalue weighted by atomic mass is 9.95. The van der Waals surface area contributed by atoms with Crippen molar-refractivity contribution in [1.82, 2.24) is 20.1 Å². The van der Waals surface area contributed by atoms with E-state index in [0.29, 0.717) is 24.3 Å². The zero-order valence-electron chi connectivity index (χ0n) is 16.6. The van der Waals surface area contributed by atoms with E-state index in [1.807, 2.05) is 35.8 Å². The monoisotopic (exact) mass is 400 g/mol. The van der Waals surface area contributed by atoms with Crippen molar-refractivity contribution in [2.45, 2.75) is 57.3 Å². The van der Waals surface area contributed by atoms with Crippen molar-refractivity contribution >= 4 is 17.7 Å². The van der Waals surface area contributed by atoms with Crippen LogP contribution < -0.4 is 10.1 Å². The first-order valence-corrected chi connectivity index (χ1v) is 11.3. The molecule has 1 aromatic heterocycles. The van der Waals surface area contributed by atoms with Gasteiger partial charge in [0.05, 0.1) is 17.9 Å². The van der Waals surface area contributed by atoms with Gasteiger partial charge in [0.15, 0.2) is 11.0 Å². The Bertz CT molecular complexity index is 838. The van der Waals surface area contributed by atoms with Gasteiger partial charge in [-0.25, -0.2) is 0 Å². The van der Waals surface area contributed by atoms with E-state index >= 15 is 0 Å². The molecule has 3 atom stereocenters. The fraction of sp³-hybridized carbons (Fsp3) is 0.571. The highest BCUT2D eigenvalue weighted by molar-refractivity contribution is 7.99. The summed E-state index contributed by atoms with van der Waals surface area (Å²) in [7, 11) is 0. The second-order valence-electron chi connectivity index (χ2n) is 7.62. The molecule has 0 unspecified atom stereocenters. The van der Waals surface area contributed by atoms with Gasteiger partial charge < -0.3 is 14.6 Å². The van der Waals surface area contributed by atoms with E-state index in [1.54, 1.807) is 0 Å². The second-order valence-corrected chi connectivity index (χ2v) is 8.56. The van der Waals surface area contributed by atoms with Gasteiger partial charge >= 0.3 is 0 Å². The first kappa shape index (κ1) is 19.3. The summed E-state index contributed by atoms with van der Waals surface area (Å²) < 4.78 is 7.79. The highest BCUT2D eigenvalue weighted by Gasteiger charge is 2.40. The van der Waals surface area contributed by atoms with Crippen molar-refractivity contribution in [1.29, 1.82) is 0 Å². The third kappa shape index (κ3) is 3.90. The summed E-state index contributed by atoms with van der Waals surface area (Å²) in [6.45, 7) is 5.37. The molecule has 0 radical (unpaired) electrons. The zero-order valence-corrected chi connectivity index (χ0v) is 17.4. The first-order valence-electron chi connectivity index (χ1n) is 10.3. The number of rotatable bonds is 8. The lowest BCUT2D eigenvalue weighted by Gasteiger charge is -2.22. The summed E-state index contributed by atoms with van der Waals surface area (Å²) in [5.41, 5.74) is 0.928. The van der Waals surface area contributed by atoms with Gasteiger partial charge in [-0.15, -0.1) is 10.2 Å². The Hall–Kier alpha value is -2.02. The van der Waals surface area contributed by atoms with Gasteiger partial charge in [0.25, 0.3) is 0 Å². The topological polar surface area (TPSA) is 69.0 Å². The summed E-state index contributed by atoms with van der Waals surface area (Å²) in [5, 5.41) is 12.8. The number of carbonyl (C=O) groups is 1. The smallest absolute Gasteiger partial charge is 0.230 e. The summed E-state index contributed by atoms with van der Waals surface area (Å²) in [4.78, 5) is 12.5. The number of fused-ring (bicyclic) bond motifs is 2. The summed E-state index contributed by atoms with van der Waals surface area (Å²) in [6.07, 6.45) is 5.07. The summed E-state index contributed by atoms with van der Waals surface area (Å²) >= 11 is 1.45. The zero-order chi connectivity index (χ0) is 19.5. The van der Waals surface area contributed by atoms with Gasteiger partial charge in [-0.1, -0.05) is 30.3 Å². The molecule has 6 nitrogen and oxygen atoms in total. The molecule has 0 spiro atoms. The lowest BCUT2D eigenvalue weighted by Crippen LogP contribution is -2.39. The molecule has 2 aliphatic rings. The minimum Gasteiger partial charge on any atom is -0.493 e. The highest BCUT2D eigenvalue weighted by atomic mass is 32.2. The van der Waals surface area contributed by atoms with Gasteiger partial charge in [0, 0.05) is 12.6 Å². The Morgan fingerprint density at radius 3 is 2.82 bits per heavy atom. The molecular weight excluding hydrogens is 372 g/mol. The van der Waals surface area contributed by atoms with Crippen LogP contribution >= 0.6 is 11.8 Å². The minimum absolute atomic E-state index is 0.101. The standard InChI is InChI=1S/C21H28N4O2S/c1-3-25-20(16-7-5-6-8-18(16)27-4-2)23-24-21(25)28-13-19(26)22-17-12-14-9-10-15(17)11-14/h5-8,14-15,17H,3-4,9-13H2,1-2H3,(H,22,26)/t14-,15-,17-/m1/s1. The SMILES string of the molecule is CCOc1ccccc1-c1nnc(SCC(=O)N[C@@H]2C[C@@H]3CC[C@@H]2C3)n1CC. The maximum absolute atomic E-state index is 12.5. The van der Waals surface area contributed by atoms with E-state index in [-0.39, 0.29) is 5.91 Å². The maximum Gasteiger partial charge on any atom is 0.230 e. The van der Waals surface area contributed by atoms with Gasteiger partial charge in [0.1, 0.15) is 5.75 Å². The van der Waals surface area contributed by atoms with Gasteiger partial charge in [0.2, 0.25) is 5.91 Å². The van der Waals surface area contributed by atoms with Crippen LogP contribution in [-0.4, -0.2) is 39.1 Å². The Kier molecular flexibility index (Phi) is 5.90. The number of aromatic nitrogens is 3. The van der Waals surface area contributed by atoms with Crippen LogP contribution in [0.25, 0.3) is 11.4 Å². The molecule has 2 bridgehead atoms. The second kappa shape index (κ2) is 8.55. The molecule has 7 heteroatoms. The molecule has 0 aliphatic heterocycles. The van der Waals surface area contributed by atoms with E-state index in [1.165, 1.54) is 31.0 Å². The third-order valence-electron chi connectivity index (χ3n) is 5.88. The highest BCUT2D eigenvalue weighted by Crippen LogP contribution is 2.44. The number of nitrogens with zero attached hydrogens (tertiary/aromatic N) is 3. The molecule has 1 amide bonds. The van der Waals surface area contributed by atoms with Crippen LogP contribution in [0.1, 0.15) is 39.5 Å². The van der Waals surface area contributed by atoms with Crippen LogP contribution in [0.5, 0.6) is 5.75 Å². The molecule has 4 rings (SSSR count). The van der Waals surface area contributed by atoms with Crippen molar-refractivity contribution in [2.75, 3.05) is 12.4 Å². The number of amides is 1. The molecule has 2 fully saturated rings. The van der Waals surface area contributed by atoms with Crippen molar-refractivity contribution in [3.8, 4) is 17.1 Å². The average Bonchev–Trinajstić information content (AvgIpc) is 3.42. The molecule has 1 N–H and O–H groups in total. The molecule has 150 valence electrons. The molecule has 2 aliphatic carbocycles. The van der Waals surface area contributed by atoms with Gasteiger partial charge in [-0.2, -0.15) is 0 Å². The van der Waals surface area contributed by atoms with E-state index < -0.39 is 0 Å². The number of ether oxygens (including phenoxy) is 1. The van der Waals surface area contributed by atoms with Crippen LogP contribution in [0.15, 0.2) is 29.4 Å². The van der Waals surface area contributed by atoms with E-state index in [0.717, 1.165) is 41.2 Å². The Labute approximate surface area is 170 Å². The van der Waals surface area contributed by atoms with E-state index in [2.05, 4.69) is 22.4 Å². The summed E-state index contributed by atoms with van der Waals surface area (Å²) in [6, 6.07) is 8.25. The fourth-order valence-corrected chi connectivity index (χ4v) is 5.43. The Morgan fingerprint density at radius 1 is 1.25 bits per heavy atom. The Morgan fingerprint density at radius 2 is 2.11 bits per heavy atom. The van der Waals surface area contributed by atoms with Crippen molar-refractivity contribution in [3.05, 3.63) is 24.3 Å².